The minimum atomic E-state index is -0.922. The SMILES string of the molecule is CC(C)CCSc1ccc(Cl)cc1C(=O)O. The molecule has 16 heavy (non-hydrogen) atoms. The molecule has 2 nitrogen and oxygen atoms in total. The average molecular weight is 259 g/mol. The van der Waals surface area contributed by atoms with Gasteiger partial charge in [-0.25, -0.2) is 4.79 Å². The largest absolute Gasteiger partial charge is 0.478 e. The van der Waals surface area contributed by atoms with E-state index in [9.17, 15) is 4.79 Å². The Hall–Kier alpha value is -0.670. The second kappa shape index (κ2) is 6.16. The van der Waals surface area contributed by atoms with Crippen LogP contribution in [0.4, 0.5) is 0 Å². The monoisotopic (exact) mass is 258 g/mol. The Morgan fingerprint density at radius 1 is 1.50 bits per heavy atom. The highest BCUT2D eigenvalue weighted by Gasteiger charge is 2.11. The van der Waals surface area contributed by atoms with Crippen molar-refractivity contribution in [2.45, 2.75) is 25.2 Å². The Balaban J connectivity index is 2.75. The molecule has 0 amide bonds. The predicted molar refractivity (Wildman–Crippen MR) is 68.6 cm³/mol. The molecule has 0 unspecified atom stereocenters. The maximum Gasteiger partial charge on any atom is 0.336 e. The molecule has 0 heterocycles. The lowest BCUT2D eigenvalue weighted by Gasteiger charge is -2.07. The van der Waals surface area contributed by atoms with Gasteiger partial charge in [0.2, 0.25) is 0 Å². The van der Waals surface area contributed by atoms with E-state index in [1.165, 1.54) is 6.07 Å². The molecule has 0 aromatic heterocycles. The van der Waals surface area contributed by atoms with Crippen molar-refractivity contribution < 1.29 is 9.90 Å². The molecule has 0 saturated heterocycles. The van der Waals surface area contributed by atoms with Crippen molar-refractivity contribution in [3.05, 3.63) is 28.8 Å². The number of benzene rings is 1. The standard InChI is InChI=1S/C12H15ClO2S/c1-8(2)5-6-16-11-4-3-9(13)7-10(11)12(14)15/h3-4,7-8H,5-6H2,1-2H3,(H,14,15). The van der Waals surface area contributed by atoms with Crippen molar-refractivity contribution in [3.8, 4) is 0 Å². The summed E-state index contributed by atoms with van der Waals surface area (Å²) in [5.74, 6) is 0.641. The summed E-state index contributed by atoms with van der Waals surface area (Å²) in [5.41, 5.74) is 0.293. The molecule has 0 saturated carbocycles. The molecule has 0 aliphatic carbocycles. The third-order valence-electron chi connectivity index (χ3n) is 2.12. The molecule has 4 heteroatoms. The Kier molecular flexibility index (Phi) is 5.16. The van der Waals surface area contributed by atoms with Gasteiger partial charge in [-0.3, -0.25) is 0 Å². The summed E-state index contributed by atoms with van der Waals surface area (Å²) in [5, 5.41) is 9.49. The van der Waals surface area contributed by atoms with Gasteiger partial charge in [0.05, 0.1) is 5.56 Å². The number of carbonyl (C=O) groups is 1. The summed E-state index contributed by atoms with van der Waals surface area (Å²) < 4.78 is 0. The highest BCUT2D eigenvalue weighted by molar-refractivity contribution is 7.99. The highest BCUT2D eigenvalue weighted by atomic mass is 35.5. The molecule has 1 N–H and O–H groups in total. The van der Waals surface area contributed by atoms with Gasteiger partial charge >= 0.3 is 5.97 Å². The lowest BCUT2D eigenvalue weighted by atomic mass is 10.2. The van der Waals surface area contributed by atoms with Crippen molar-refractivity contribution in [2.75, 3.05) is 5.75 Å². The summed E-state index contributed by atoms with van der Waals surface area (Å²) in [6, 6.07) is 5.00. The summed E-state index contributed by atoms with van der Waals surface area (Å²) in [6.07, 6.45) is 1.08. The van der Waals surface area contributed by atoms with Crippen LogP contribution in [0, 0.1) is 5.92 Å². The number of carboxylic acids is 1. The van der Waals surface area contributed by atoms with Crippen molar-refractivity contribution in [3.63, 3.8) is 0 Å². The normalized spacial score (nSPS) is 10.8. The van der Waals surface area contributed by atoms with Gasteiger partial charge in [0, 0.05) is 9.92 Å². The van der Waals surface area contributed by atoms with Crippen molar-refractivity contribution >= 4 is 29.3 Å². The second-order valence-corrected chi connectivity index (χ2v) is 5.55. The third kappa shape index (κ3) is 4.06. The van der Waals surface area contributed by atoms with Crippen molar-refractivity contribution in [2.24, 2.45) is 5.92 Å². The van der Waals surface area contributed by atoms with Gasteiger partial charge < -0.3 is 5.11 Å². The minimum Gasteiger partial charge on any atom is -0.478 e. The lowest BCUT2D eigenvalue weighted by Crippen LogP contribution is -1.99. The smallest absolute Gasteiger partial charge is 0.336 e. The number of thioether (sulfide) groups is 1. The van der Waals surface area contributed by atoms with Crippen LogP contribution in [0.3, 0.4) is 0 Å². The molecule has 1 rings (SSSR count). The van der Waals surface area contributed by atoms with Crippen molar-refractivity contribution in [1.82, 2.24) is 0 Å². The minimum absolute atomic E-state index is 0.293. The average Bonchev–Trinajstić information content (AvgIpc) is 2.19. The number of hydrogen-bond acceptors (Lipinski definition) is 2. The van der Waals surface area contributed by atoms with Gasteiger partial charge in [-0.05, 0) is 36.3 Å². The first-order valence-electron chi connectivity index (χ1n) is 5.16. The van der Waals surface area contributed by atoms with Crippen LogP contribution >= 0.6 is 23.4 Å². The Labute approximate surface area is 105 Å². The van der Waals surface area contributed by atoms with E-state index in [0.717, 1.165) is 17.1 Å². The van der Waals surface area contributed by atoms with Crippen LogP contribution in [0.15, 0.2) is 23.1 Å². The fourth-order valence-corrected chi connectivity index (χ4v) is 2.65. The fourth-order valence-electron chi connectivity index (χ4n) is 1.20. The molecule has 1 aromatic rings. The van der Waals surface area contributed by atoms with Crippen LogP contribution in [0.2, 0.25) is 5.02 Å². The molecule has 0 aliphatic rings. The number of hydrogen-bond donors (Lipinski definition) is 1. The second-order valence-electron chi connectivity index (χ2n) is 3.98. The quantitative estimate of drug-likeness (QED) is 0.805. The Bertz CT molecular complexity index is 377. The van der Waals surface area contributed by atoms with Crippen LogP contribution in [0.1, 0.15) is 30.6 Å². The summed E-state index contributed by atoms with van der Waals surface area (Å²) in [4.78, 5) is 11.8. The topological polar surface area (TPSA) is 37.3 Å². The molecular formula is C12H15ClO2S. The van der Waals surface area contributed by atoms with E-state index >= 15 is 0 Å². The van der Waals surface area contributed by atoms with Crippen LogP contribution in [-0.2, 0) is 0 Å². The molecule has 0 atom stereocenters. The van der Waals surface area contributed by atoms with Crippen LogP contribution in [-0.4, -0.2) is 16.8 Å². The van der Waals surface area contributed by atoms with Gasteiger partial charge in [0.1, 0.15) is 0 Å². The molecule has 88 valence electrons. The molecule has 0 fully saturated rings. The predicted octanol–water partition coefficient (Wildman–Crippen LogP) is 4.18. The molecule has 0 aliphatic heterocycles. The Morgan fingerprint density at radius 2 is 2.19 bits per heavy atom. The van der Waals surface area contributed by atoms with Gasteiger partial charge in [0.15, 0.2) is 0 Å². The van der Waals surface area contributed by atoms with Gasteiger partial charge in [0.25, 0.3) is 0 Å². The zero-order valence-corrected chi connectivity index (χ0v) is 10.9. The fraction of sp³-hybridized carbons (Fsp3) is 0.417. The van der Waals surface area contributed by atoms with Crippen LogP contribution in [0.25, 0.3) is 0 Å². The zero-order chi connectivity index (χ0) is 12.1. The highest BCUT2D eigenvalue weighted by Crippen LogP contribution is 2.27. The maximum absolute atomic E-state index is 11.0. The molecule has 0 spiro atoms. The first-order chi connectivity index (χ1) is 7.50. The number of halogens is 1. The number of rotatable bonds is 5. The third-order valence-corrected chi connectivity index (χ3v) is 3.47. The van der Waals surface area contributed by atoms with E-state index in [1.807, 2.05) is 0 Å². The van der Waals surface area contributed by atoms with Crippen LogP contribution in [0.5, 0.6) is 0 Å². The number of carboxylic acid groups (broad SMARTS) is 1. The molecule has 1 aromatic carbocycles. The van der Waals surface area contributed by atoms with Gasteiger partial charge in [-0.1, -0.05) is 25.4 Å². The Morgan fingerprint density at radius 3 is 2.75 bits per heavy atom. The summed E-state index contributed by atoms with van der Waals surface area (Å²) in [6.45, 7) is 4.31. The molecule has 0 radical (unpaired) electrons. The summed E-state index contributed by atoms with van der Waals surface area (Å²) >= 11 is 7.35. The molecular weight excluding hydrogens is 244 g/mol. The summed E-state index contributed by atoms with van der Waals surface area (Å²) in [7, 11) is 0. The van der Waals surface area contributed by atoms with E-state index in [2.05, 4.69) is 13.8 Å². The molecule has 0 bridgehead atoms. The van der Waals surface area contributed by atoms with E-state index in [4.69, 9.17) is 16.7 Å². The van der Waals surface area contributed by atoms with Gasteiger partial charge in [-0.15, -0.1) is 11.8 Å². The first kappa shape index (κ1) is 13.4. The van der Waals surface area contributed by atoms with E-state index in [-0.39, 0.29) is 0 Å². The zero-order valence-electron chi connectivity index (χ0n) is 9.37. The van der Waals surface area contributed by atoms with E-state index in [0.29, 0.717) is 16.5 Å². The maximum atomic E-state index is 11.0. The van der Waals surface area contributed by atoms with E-state index in [1.54, 1.807) is 23.9 Å². The number of aromatic carboxylic acids is 1. The van der Waals surface area contributed by atoms with Gasteiger partial charge in [-0.2, -0.15) is 0 Å². The van der Waals surface area contributed by atoms with E-state index < -0.39 is 5.97 Å². The first-order valence-corrected chi connectivity index (χ1v) is 6.52. The van der Waals surface area contributed by atoms with Crippen molar-refractivity contribution in [1.29, 1.82) is 0 Å². The van der Waals surface area contributed by atoms with Crippen LogP contribution < -0.4 is 0 Å². The lowest BCUT2D eigenvalue weighted by molar-refractivity contribution is 0.0693.